The summed E-state index contributed by atoms with van der Waals surface area (Å²) in [5, 5.41) is 2.59. The van der Waals surface area contributed by atoms with Crippen molar-refractivity contribution in [3.05, 3.63) is 83.7 Å². The number of hydrogen-bond donors (Lipinski definition) is 1. The molecule has 5 nitrogen and oxygen atoms in total. The third kappa shape index (κ3) is 4.16. The van der Waals surface area contributed by atoms with Crippen molar-refractivity contribution in [1.29, 1.82) is 0 Å². The summed E-state index contributed by atoms with van der Waals surface area (Å²) < 4.78 is 19.2. The van der Waals surface area contributed by atoms with Crippen molar-refractivity contribution >= 4 is 12.0 Å². The van der Waals surface area contributed by atoms with Gasteiger partial charge in [-0.15, -0.1) is 6.58 Å². The number of ether oxygens (including phenoxy) is 1. The molecule has 2 aromatic carbocycles. The number of nitrogens with zero attached hydrogens (tertiary/aromatic N) is 1. The first-order chi connectivity index (χ1) is 13.9. The number of carbonyl (C=O) groups is 2. The van der Waals surface area contributed by atoms with Crippen LogP contribution in [0.5, 0.6) is 0 Å². The highest BCUT2D eigenvalue weighted by Crippen LogP contribution is 2.39. The van der Waals surface area contributed by atoms with Gasteiger partial charge in [-0.2, -0.15) is 0 Å². The van der Waals surface area contributed by atoms with E-state index in [1.807, 2.05) is 19.1 Å². The molecule has 1 fully saturated rings. The molecule has 152 valence electrons. The molecule has 2 aromatic rings. The molecule has 2 atom stereocenters. The summed E-state index contributed by atoms with van der Waals surface area (Å²) in [5.74, 6) is -0.491. The standard InChI is InChI=1S/C23H25FN2O3/c1-4-13-23(19-9-11-20(24)12-10-19)14-15-26(22(28)29-23)16(2)17-5-7-18(8-6-17)21(27)25-3/h4-12,16H,1,13-15H2,2-3H3,(H,25,27). The summed E-state index contributed by atoms with van der Waals surface area (Å²) in [6.07, 6.45) is 2.31. The first-order valence-corrected chi connectivity index (χ1v) is 9.59. The highest BCUT2D eigenvalue weighted by Gasteiger charge is 2.42. The molecular formula is C23H25FN2O3. The van der Waals surface area contributed by atoms with E-state index in [2.05, 4.69) is 11.9 Å². The van der Waals surface area contributed by atoms with Crippen LogP contribution in [0.25, 0.3) is 0 Å². The maximum Gasteiger partial charge on any atom is 0.411 e. The van der Waals surface area contributed by atoms with Gasteiger partial charge in [0.1, 0.15) is 11.4 Å². The van der Waals surface area contributed by atoms with Crippen molar-refractivity contribution in [2.45, 2.75) is 31.4 Å². The van der Waals surface area contributed by atoms with Crippen molar-refractivity contribution < 1.29 is 18.7 Å². The highest BCUT2D eigenvalue weighted by atomic mass is 19.1. The van der Waals surface area contributed by atoms with E-state index < -0.39 is 11.7 Å². The van der Waals surface area contributed by atoms with Crippen LogP contribution >= 0.6 is 0 Å². The van der Waals surface area contributed by atoms with E-state index in [4.69, 9.17) is 4.74 Å². The minimum atomic E-state index is -0.841. The van der Waals surface area contributed by atoms with E-state index >= 15 is 0 Å². The Hall–Kier alpha value is -3.15. The van der Waals surface area contributed by atoms with E-state index in [1.165, 1.54) is 12.1 Å². The summed E-state index contributed by atoms with van der Waals surface area (Å²) in [6, 6.07) is 13.0. The highest BCUT2D eigenvalue weighted by molar-refractivity contribution is 5.93. The van der Waals surface area contributed by atoms with E-state index in [1.54, 1.807) is 42.3 Å². The first-order valence-electron chi connectivity index (χ1n) is 9.59. The third-order valence-corrected chi connectivity index (χ3v) is 5.47. The molecule has 0 radical (unpaired) electrons. The summed E-state index contributed by atoms with van der Waals surface area (Å²) in [6.45, 7) is 6.20. The zero-order valence-electron chi connectivity index (χ0n) is 16.7. The van der Waals surface area contributed by atoms with Crippen LogP contribution < -0.4 is 5.32 Å². The monoisotopic (exact) mass is 396 g/mol. The predicted octanol–water partition coefficient (Wildman–Crippen LogP) is 4.56. The first kappa shape index (κ1) is 20.6. The van der Waals surface area contributed by atoms with E-state index in [-0.39, 0.29) is 17.8 Å². The topological polar surface area (TPSA) is 58.6 Å². The van der Waals surface area contributed by atoms with Gasteiger partial charge in [0.05, 0.1) is 6.04 Å². The van der Waals surface area contributed by atoms with Crippen molar-refractivity contribution in [2.75, 3.05) is 13.6 Å². The van der Waals surface area contributed by atoms with Gasteiger partial charge >= 0.3 is 6.09 Å². The van der Waals surface area contributed by atoms with E-state index in [0.29, 0.717) is 24.9 Å². The molecule has 1 saturated heterocycles. The third-order valence-electron chi connectivity index (χ3n) is 5.47. The van der Waals surface area contributed by atoms with Gasteiger partial charge in [-0.05, 0) is 42.3 Å². The molecule has 1 N–H and O–H groups in total. The van der Waals surface area contributed by atoms with Crippen LogP contribution in [0.4, 0.5) is 9.18 Å². The second-order valence-corrected chi connectivity index (χ2v) is 7.18. The fourth-order valence-corrected chi connectivity index (χ4v) is 3.71. The van der Waals surface area contributed by atoms with Crippen molar-refractivity contribution in [2.24, 2.45) is 0 Å². The van der Waals surface area contributed by atoms with Crippen molar-refractivity contribution in [3.8, 4) is 0 Å². The van der Waals surface area contributed by atoms with Gasteiger partial charge in [0.15, 0.2) is 0 Å². The Balaban J connectivity index is 1.79. The second kappa shape index (κ2) is 8.47. The van der Waals surface area contributed by atoms with Gasteiger partial charge in [-0.3, -0.25) is 4.79 Å². The number of amides is 2. The molecule has 0 aliphatic carbocycles. The Bertz CT molecular complexity index is 895. The normalized spacial score (nSPS) is 20.0. The Kier molecular flexibility index (Phi) is 6.01. The summed E-state index contributed by atoms with van der Waals surface area (Å²) in [5.41, 5.74) is 1.39. The molecule has 0 aromatic heterocycles. The number of benzene rings is 2. The van der Waals surface area contributed by atoms with Crippen LogP contribution in [0.15, 0.2) is 61.2 Å². The van der Waals surface area contributed by atoms with Crippen LogP contribution in [0.2, 0.25) is 0 Å². The lowest BCUT2D eigenvalue weighted by atomic mass is 9.85. The summed E-state index contributed by atoms with van der Waals surface area (Å²) in [4.78, 5) is 26.3. The van der Waals surface area contributed by atoms with Crippen LogP contribution in [-0.2, 0) is 10.3 Å². The number of halogens is 1. The van der Waals surface area contributed by atoms with Gasteiger partial charge in [-0.1, -0.05) is 30.3 Å². The molecular weight excluding hydrogens is 371 g/mol. The fourth-order valence-electron chi connectivity index (χ4n) is 3.71. The van der Waals surface area contributed by atoms with Crippen LogP contribution in [0.1, 0.15) is 47.3 Å². The minimum Gasteiger partial charge on any atom is -0.437 e. The molecule has 0 spiro atoms. The summed E-state index contributed by atoms with van der Waals surface area (Å²) >= 11 is 0. The molecule has 2 unspecified atom stereocenters. The average molecular weight is 396 g/mol. The number of carbonyl (C=O) groups excluding carboxylic acids is 2. The van der Waals surface area contributed by atoms with Crippen molar-refractivity contribution in [3.63, 3.8) is 0 Å². The van der Waals surface area contributed by atoms with Crippen LogP contribution in [0, 0.1) is 5.82 Å². The maximum absolute atomic E-state index is 13.3. The maximum atomic E-state index is 13.3. The van der Waals surface area contributed by atoms with Crippen LogP contribution in [0.3, 0.4) is 0 Å². The van der Waals surface area contributed by atoms with Gasteiger partial charge in [-0.25, -0.2) is 9.18 Å². The van der Waals surface area contributed by atoms with E-state index in [9.17, 15) is 14.0 Å². The summed E-state index contributed by atoms with van der Waals surface area (Å²) in [7, 11) is 1.58. The Morgan fingerprint density at radius 3 is 2.48 bits per heavy atom. The Labute approximate surface area is 170 Å². The van der Waals surface area contributed by atoms with E-state index in [0.717, 1.165) is 11.1 Å². The number of nitrogens with one attached hydrogen (secondary N) is 1. The molecule has 0 saturated carbocycles. The molecule has 3 rings (SSSR count). The molecule has 1 aliphatic rings. The molecule has 29 heavy (non-hydrogen) atoms. The number of rotatable bonds is 6. The molecule has 6 heteroatoms. The largest absolute Gasteiger partial charge is 0.437 e. The molecule has 2 amide bonds. The Morgan fingerprint density at radius 2 is 1.93 bits per heavy atom. The van der Waals surface area contributed by atoms with Gasteiger partial charge in [0, 0.05) is 32.0 Å². The van der Waals surface area contributed by atoms with Crippen molar-refractivity contribution in [1.82, 2.24) is 10.2 Å². The van der Waals surface area contributed by atoms with Gasteiger partial charge < -0.3 is 15.0 Å². The molecule has 1 aliphatic heterocycles. The number of cyclic esters (lactones) is 1. The molecule has 1 heterocycles. The molecule has 0 bridgehead atoms. The van der Waals surface area contributed by atoms with Crippen LogP contribution in [-0.4, -0.2) is 30.5 Å². The Morgan fingerprint density at radius 1 is 1.28 bits per heavy atom. The fraction of sp³-hybridized carbons (Fsp3) is 0.304. The second-order valence-electron chi connectivity index (χ2n) is 7.18. The van der Waals surface area contributed by atoms with Gasteiger partial charge in [0.2, 0.25) is 0 Å². The quantitative estimate of drug-likeness (QED) is 0.728. The smallest absolute Gasteiger partial charge is 0.411 e. The zero-order chi connectivity index (χ0) is 21.0. The SMILES string of the molecule is C=CCC1(c2ccc(F)cc2)CCN(C(C)c2ccc(C(=O)NC)cc2)C(=O)O1. The lowest BCUT2D eigenvalue weighted by molar-refractivity contribution is -0.0588. The predicted molar refractivity (Wildman–Crippen MR) is 109 cm³/mol. The minimum absolute atomic E-state index is 0.157. The average Bonchev–Trinajstić information content (AvgIpc) is 2.73. The van der Waals surface area contributed by atoms with Gasteiger partial charge in [0.25, 0.3) is 5.91 Å². The number of hydrogen-bond acceptors (Lipinski definition) is 3. The lowest BCUT2D eigenvalue weighted by Gasteiger charge is -2.43. The lowest BCUT2D eigenvalue weighted by Crippen LogP contribution is -2.48. The zero-order valence-corrected chi connectivity index (χ0v) is 16.7.